The highest BCUT2D eigenvalue weighted by Crippen LogP contribution is 2.20. The minimum atomic E-state index is -0.380. The molecular weight excluding hydrogens is 197 g/mol. The summed E-state index contributed by atoms with van der Waals surface area (Å²) in [6.07, 6.45) is 0. The van der Waals surface area contributed by atoms with Crippen molar-refractivity contribution in [3.05, 3.63) is 36.0 Å². The molecule has 1 aromatic heterocycles. The van der Waals surface area contributed by atoms with Crippen LogP contribution in [-0.2, 0) is 0 Å². The molecule has 0 saturated carbocycles. The lowest BCUT2D eigenvalue weighted by Gasteiger charge is -1.95. The zero-order valence-electron chi connectivity index (χ0n) is 8.14. The fourth-order valence-electron chi connectivity index (χ4n) is 1.17. The summed E-state index contributed by atoms with van der Waals surface area (Å²) in [5.74, 6) is 0.142. The van der Waals surface area contributed by atoms with Gasteiger partial charge in [-0.2, -0.15) is 4.98 Å². The second-order valence-electron chi connectivity index (χ2n) is 3.22. The van der Waals surface area contributed by atoms with Crippen LogP contribution in [0.2, 0.25) is 0 Å². The first-order chi connectivity index (χ1) is 7.18. The molecule has 0 bridgehead atoms. The molecule has 15 heavy (non-hydrogen) atoms. The second kappa shape index (κ2) is 3.78. The molecule has 0 aliphatic heterocycles. The van der Waals surface area contributed by atoms with Crippen molar-refractivity contribution < 1.29 is 8.91 Å². The van der Waals surface area contributed by atoms with Crippen LogP contribution in [0.5, 0.6) is 0 Å². The highest BCUT2D eigenvalue weighted by molar-refractivity contribution is 5.54. The molecule has 1 aromatic carbocycles. The van der Waals surface area contributed by atoms with Crippen molar-refractivity contribution in [1.82, 2.24) is 10.1 Å². The molecule has 5 heteroatoms. The van der Waals surface area contributed by atoms with Crippen molar-refractivity contribution in [3.8, 4) is 11.4 Å². The number of halogens is 1. The van der Waals surface area contributed by atoms with Gasteiger partial charge in [-0.05, 0) is 19.1 Å². The summed E-state index contributed by atoms with van der Waals surface area (Å²) in [6.45, 7) is 1.72. The van der Waals surface area contributed by atoms with E-state index in [1.807, 2.05) is 0 Å². The zero-order valence-corrected chi connectivity index (χ0v) is 8.14. The van der Waals surface area contributed by atoms with Crippen LogP contribution in [0.3, 0.4) is 0 Å². The van der Waals surface area contributed by atoms with Crippen molar-refractivity contribution in [2.24, 2.45) is 5.73 Å². The maximum Gasteiger partial charge on any atom is 0.243 e. The van der Waals surface area contributed by atoms with Gasteiger partial charge in [0.25, 0.3) is 0 Å². The lowest BCUT2D eigenvalue weighted by Crippen LogP contribution is -2.04. The third kappa shape index (κ3) is 1.87. The Balaban J connectivity index is 2.42. The first-order valence-electron chi connectivity index (χ1n) is 4.52. The van der Waals surface area contributed by atoms with E-state index >= 15 is 0 Å². The molecule has 0 spiro atoms. The summed E-state index contributed by atoms with van der Waals surface area (Å²) in [5.41, 5.74) is 5.87. The van der Waals surface area contributed by atoms with Crippen LogP contribution in [-0.4, -0.2) is 10.1 Å². The average molecular weight is 207 g/mol. The molecule has 0 aliphatic carbocycles. The maximum atomic E-state index is 13.3. The fourth-order valence-corrected chi connectivity index (χ4v) is 1.17. The number of benzene rings is 1. The van der Waals surface area contributed by atoms with E-state index < -0.39 is 0 Å². The molecule has 2 N–H and O–H groups in total. The summed E-state index contributed by atoms with van der Waals surface area (Å²) in [6, 6.07) is 5.90. The number of aromatic nitrogens is 2. The lowest BCUT2D eigenvalue weighted by atomic mass is 10.2. The Hall–Kier alpha value is -1.75. The third-order valence-electron chi connectivity index (χ3n) is 1.95. The second-order valence-corrected chi connectivity index (χ2v) is 3.22. The van der Waals surface area contributed by atoms with Crippen LogP contribution in [0.4, 0.5) is 4.39 Å². The van der Waals surface area contributed by atoms with Crippen LogP contribution < -0.4 is 5.73 Å². The molecule has 1 unspecified atom stereocenters. The number of nitrogens with two attached hydrogens (primary N) is 1. The monoisotopic (exact) mass is 207 g/mol. The van der Waals surface area contributed by atoms with Crippen LogP contribution >= 0.6 is 0 Å². The van der Waals surface area contributed by atoms with Gasteiger partial charge < -0.3 is 10.3 Å². The van der Waals surface area contributed by atoms with Gasteiger partial charge in [0.15, 0.2) is 0 Å². The van der Waals surface area contributed by atoms with Crippen LogP contribution in [0.1, 0.15) is 18.9 Å². The van der Waals surface area contributed by atoms with Gasteiger partial charge in [-0.25, -0.2) is 4.39 Å². The summed E-state index contributed by atoms with van der Waals surface area (Å²) in [4.78, 5) is 4.00. The SMILES string of the molecule is CC(N)c1nc(-c2ccccc2F)no1. The summed E-state index contributed by atoms with van der Waals surface area (Å²) < 4.78 is 18.2. The highest BCUT2D eigenvalue weighted by atomic mass is 19.1. The first-order valence-corrected chi connectivity index (χ1v) is 4.52. The molecule has 78 valence electrons. The Morgan fingerprint density at radius 1 is 1.40 bits per heavy atom. The van der Waals surface area contributed by atoms with E-state index in [9.17, 15) is 4.39 Å². The predicted molar refractivity (Wildman–Crippen MR) is 52.3 cm³/mol. The Bertz CT molecular complexity index is 467. The van der Waals surface area contributed by atoms with Crippen molar-refractivity contribution in [3.63, 3.8) is 0 Å². The summed E-state index contributed by atoms with van der Waals surface area (Å²) in [5, 5.41) is 3.66. The molecule has 0 radical (unpaired) electrons. The first kappa shape index (κ1) is 9.79. The smallest absolute Gasteiger partial charge is 0.243 e. The number of hydrogen-bond acceptors (Lipinski definition) is 4. The number of nitrogens with zero attached hydrogens (tertiary/aromatic N) is 2. The fraction of sp³-hybridized carbons (Fsp3) is 0.200. The van der Waals surface area contributed by atoms with E-state index in [-0.39, 0.29) is 17.7 Å². The largest absolute Gasteiger partial charge is 0.337 e. The lowest BCUT2D eigenvalue weighted by molar-refractivity contribution is 0.362. The average Bonchev–Trinajstić information content (AvgIpc) is 2.67. The van der Waals surface area contributed by atoms with Gasteiger partial charge in [0, 0.05) is 0 Å². The number of rotatable bonds is 2. The quantitative estimate of drug-likeness (QED) is 0.816. The minimum Gasteiger partial charge on any atom is -0.337 e. The summed E-state index contributed by atoms with van der Waals surface area (Å²) in [7, 11) is 0. The van der Waals surface area contributed by atoms with Crippen molar-refractivity contribution in [1.29, 1.82) is 0 Å². The van der Waals surface area contributed by atoms with E-state index in [0.717, 1.165) is 0 Å². The molecule has 0 amide bonds. The van der Waals surface area contributed by atoms with Crippen molar-refractivity contribution >= 4 is 0 Å². The van der Waals surface area contributed by atoms with Crippen LogP contribution in [0.25, 0.3) is 11.4 Å². The summed E-state index contributed by atoms with van der Waals surface area (Å²) >= 11 is 0. The topological polar surface area (TPSA) is 64.9 Å². The molecule has 2 aromatic rings. The van der Waals surface area contributed by atoms with Crippen molar-refractivity contribution in [2.75, 3.05) is 0 Å². The zero-order chi connectivity index (χ0) is 10.8. The Labute approximate surface area is 85.9 Å². The molecule has 1 heterocycles. The Morgan fingerprint density at radius 2 is 2.13 bits per heavy atom. The molecule has 4 nitrogen and oxygen atoms in total. The highest BCUT2D eigenvalue weighted by Gasteiger charge is 2.13. The van der Waals surface area contributed by atoms with Gasteiger partial charge in [0.2, 0.25) is 11.7 Å². The predicted octanol–water partition coefficient (Wildman–Crippen LogP) is 1.90. The van der Waals surface area contributed by atoms with Gasteiger partial charge >= 0.3 is 0 Å². The Morgan fingerprint density at radius 3 is 2.73 bits per heavy atom. The standard InChI is InChI=1S/C10H10FN3O/c1-6(12)10-13-9(14-15-10)7-4-2-3-5-8(7)11/h2-6H,12H2,1H3. The van der Waals surface area contributed by atoms with Crippen LogP contribution in [0, 0.1) is 5.82 Å². The third-order valence-corrected chi connectivity index (χ3v) is 1.95. The van der Waals surface area contributed by atoms with E-state index in [4.69, 9.17) is 10.3 Å². The normalized spacial score (nSPS) is 12.7. The number of hydrogen-bond donors (Lipinski definition) is 1. The van der Waals surface area contributed by atoms with Gasteiger partial charge in [0.05, 0.1) is 11.6 Å². The molecule has 0 saturated heterocycles. The van der Waals surface area contributed by atoms with E-state index in [1.165, 1.54) is 6.07 Å². The van der Waals surface area contributed by atoms with Crippen molar-refractivity contribution in [2.45, 2.75) is 13.0 Å². The molecule has 2 rings (SSSR count). The molecular formula is C10H10FN3O. The van der Waals surface area contributed by atoms with E-state index in [1.54, 1.807) is 25.1 Å². The van der Waals surface area contributed by atoms with Gasteiger partial charge in [-0.3, -0.25) is 0 Å². The van der Waals surface area contributed by atoms with Crippen LogP contribution in [0.15, 0.2) is 28.8 Å². The van der Waals surface area contributed by atoms with Gasteiger partial charge in [-0.15, -0.1) is 0 Å². The van der Waals surface area contributed by atoms with Gasteiger partial charge in [-0.1, -0.05) is 17.3 Å². The van der Waals surface area contributed by atoms with Gasteiger partial charge in [0.1, 0.15) is 5.82 Å². The maximum absolute atomic E-state index is 13.3. The Kier molecular flexibility index (Phi) is 2.47. The molecule has 0 fully saturated rings. The molecule has 0 aliphatic rings. The minimum absolute atomic E-state index is 0.223. The molecule has 1 atom stereocenters. The van der Waals surface area contributed by atoms with E-state index in [0.29, 0.717) is 11.5 Å². The van der Waals surface area contributed by atoms with E-state index in [2.05, 4.69) is 10.1 Å².